The van der Waals surface area contributed by atoms with Crippen molar-refractivity contribution < 1.29 is 9.59 Å². The van der Waals surface area contributed by atoms with Crippen molar-refractivity contribution in [2.75, 3.05) is 0 Å². The number of hydrogen-bond donors (Lipinski definition) is 2. The predicted octanol–water partition coefficient (Wildman–Crippen LogP) is 0.755. The zero-order valence-electron chi connectivity index (χ0n) is 8.83. The van der Waals surface area contributed by atoms with Gasteiger partial charge in [0, 0.05) is 11.1 Å². The molecule has 0 radical (unpaired) electrons. The van der Waals surface area contributed by atoms with Gasteiger partial charge in [-0.3, -0.25) is 9.59 Å². The highest BCUT2D eigenvalue weighted by molar-refractivity contribution is 5.99. The number of hydrogen-bond acceptors (Lipinski definition) is 2. The molecular formula is C11H14N2O2. The zero-order chi connectivity index (χ0) is 11.6. The Bertz CT molecular complexity index is 425. The molecule has 0 spiro atoms. The van der Waals surface area contributed by atoms with Crippen molar-refractivity contribution in [1.29, 1.82) is 0 Å². The third-order valence-electron chi connectivity index (χ3n) is 2.33. The summed E-state index contributed by atoms with van der Waals surface area (Å²) >= 11 is 0. The van der Waals surface area contributed by atoms with Crippen molar-refractivity contribution in [3.8, 4) is 0 Å². The van der Waals surface area contributed by atoms with E-state index in [1.165, 1.54) is 0 Å². The molecule has 1 aromatic carbocycles. The van der Waals surface area contributed by atoms with Gasteiger partial charge < -0.3 is 11.5 Å². The molecule has 0 fully saturated rings. The van der Waals surface area contributed by atoms with Gasteiger partial charge in [-0.05, 0) is 36.6 Å². The first-order valence-corrected chi connectivity index (χ1v) is 4.70. The van der Waals surface area contributed by atoms with Crippen molar-refractivity contribution in [3.05, 3.63) is 34.4 Å². The fraction of sp³-hybridized carbons (Fsp3) is 0.273. The van der Waals surface area contributed by atoms with Crippen LogP contribution in [0.1, 0.15) is 38.8 Å². The van der Waals surface area contributed by atoms with Gasteiger partial charge in [-0.2, -0.15) is 0 Å². The third kappa shape index (κ3) is 2.15. The lowest BCUT2D eigenvalue weighted by atomic mass is 9.96. The van der Waals surface area contributed by atoms with E-state index in [4.69, 9.17) is 11.5 Å². The maximum atomic E-state index is 11.2. The van der Waals surface area contributed by atoms with Crippen LogP contribution in [-0.2, 0) is 6.42 Å². The normalized spacial score (nSPS) is 10.0. The van der Waals surface area contributed by atoms with E-state index in [1.807, 2.05) is 6.92 Å². The van der Waals surface area contributed by atoms with E-state index in [2.05, 4.69) is 0 Å². The van der Waals surface area contributed by atoms with Crippen molar-refractivity contribution in [3.63, 3.8) is 0 Å². The van der Waals surface area contributed by atoms with Gasteiger partial charge in [-0.25, -0.2) is 0 Å². The van der Waals surface area contributed by atoms with Gasteiger partial charge in [0.25, 0.3) is 0 Å². The smallest absolute Gasteiger partial charge is 0.249 e. The van der Waals surface area contributed by atoms with Crippen molar-refractivity contribution in [1.82, 2.24) is 0 Å². The lowest BCUT2D eigenvalue weighted by Crippen LogP contribution is -2.18. The molecule has 4 N–H and O–H groups in total. The molecule has 1 rings (SSSR count). The lowest BCUT2D eigenvalue weighted by molar-refractivity contribution is 0.0987. The van der Waals surface area contributed by atoms with E-state index in [-0.39, 0.29) is 0 Å². The number of benzene rings is 1. The van der Waals surface area contributed by atoms with Crippen molar-refractivity contribution in [2.45, 2.75) is 20.3 Å². The highest BCUT2D eigenvalue weighted by Gasteiger charge is 2.13. The first-order chi connectivity index (χ1) is 6.97. The minimum absolute atomic E-state index is 0.411. The molecule has 4 nitrogen and oxygen atoms in total. The maximum absolute atomic E-state index is 11.2. The van der Waals surface area contributed by atoms with Crippen molar-refractivity contribution in [2.24, 2.45) is 11.5 Å². The topological polar surface area (TPSA) is 86.2 Å². The van der Waals surface area contributed by atoms with Gasteiger partial charge in [-0.1, -0.05) is 6.92 Å². The maximum Gasteiger partial charge on any atom is 0.249 e. The molecule has 1 aromatic rings. The Balaban J connectivity index is 3.43. The van der Waals surface area contributed by atoms with Crippen LogP contribution in [0.3, 0.4) is 0 Å². The van der Waals surface area contributed by atoms with Crippen LogP contribution < -0.4 is 11.5 Å². The second kappa shape index (κ2) is 4.13. The molecule has 15 heavy (non-hydrogen) atoms. The number of aryl methyl sites for hydroxylation is 2. The van der Waals surface area contributed by atoms with E-state index in [1.54, 1.807) is 19.1 Å². The van der Waals surface area contributed by atoms with E-state index < -0.39 is 11.8 Å². The largest absolute Gasteiger partial charge is 0.366 e. The molecule has 4 heteroatoms. The molecule has 0 aliphatic heterocycles. The highest BCUT2D eigenvalue weighted by Crippen LogP contribution is 2.17. The summed E-state index contributed by atoms with van der Waals surface area (Å²) in [6, 6.07) is 3.21. The predicted molar refractivity (Wildman–Crippen MR) is 57.6 cm³/mol. The van der Waals surface area contributed by atoms with Gasteiger partial charge in [0.05, 0.1) is 0 Å². The molecule has 0 heterocycles. The number of primary amides is 2. The Kier molecular flexibility index (Phi) is 3.09. The quantitative estimate of drug-likeness (QED) is 0.764. The lowest BCUT2D eigenvalue weighted by Gasteiger charge is -2.09. The Hall–Kier alpha value is -1.84. The summed E-state index contributed by atoms with van der Waals surface area (Å²) in [4.78, 5) is 22.2. The van der Waals surface area contributed by atoms with Crippen LogP contribution in [0.25, 0.3) is 0 Å². The Morgan fingerprint density at radius 3 is 2.20 bits per heavy atom. The van der Waals surface area contributed by atoms with Gasteiger partial charge in [0.15, 0.2) is 0 Å². The summed E-state index contributed by atoms with van der Waals surface area (Å²) in [6.45, 7) is 3.64. The van der Waals surface area contributed by atoms with E-state index in [0.717, 1.165) is 5.56 Å². The van der Waals surface area contributed by atoms with E-state index >= 15 is 0 Å². The standard InChI is InChI=1S/C11H14N2O2/c1-3-7-5-8(10(12)14)4-6(2)9(7)11(13)15/h4-5H,3H2,1-2H3,(H2,12,14)(H2,13,15). The SMILES string of the molecule is CCc1cc(C(N)=O)cc(C)c1C(N)=O. The van der Waals surface area contributed by atoms with Crippen molar-refractivity contribution >= 4 is 11.8 Å². The molecule has 0 saturated heterocycles. The fourth-order valence-corrected chi connectivity index (χ4v) is 1.63. The minimum atomic E-state index is -0.496. The van der Waals surface area contributed by atoms with Crippen LogP contribution in [0.15, 0.2) is 12.1 Å². The molecular weight excluding hydrogens is 192 g/mol. The average molecular weight is 206 g/mol. The highest BCUT2D eigenvalue weighted by atomic mass is 16.1. The van der Waals surface area contributed by atoms with Gasteiger partial charge in [0.1, 0.15) is 0 Å². The summed E-state index contributed by atoms with van der Waals surface area (Å²) in [5.41, 5.74) is 12.8. The second-order valence-electron chi connectivity index (χ2n) is 3.41. The number of nitrogens with two attached hydrogens (primary N) is 2. The Morgan fingerprint density at radius 1 is 1.20 bits per heavy atom. The molecule has 2 amide bonds. The summed E-state index contributed by atoms with van der Waals surface area (Å²) in [7, 11) is 0. The van der Waals surface area contributed by atoms with E-state index in [9.17, 15) is 9.59 Å². The van der Waals surface area contributed by atoms with Crippen LogP contribution in [-0.4, -0.2) is 11.8 Å². The Labute approximate surface area is 88.3 Å². The molecule has 0 unspecified atom stereocenters. The monoisotopic (exact) mass is 206 g/mol. The number of carbonyl (C=O) groups is 2. The third-order valence-corrected chi connectivity index (χ3v) is 2.33. The number of carbonyl (C=O) groups excluding carboxylic acids is 2. The summed E-state index contributed by atoms with van der Waals surface area (Å²) in [5.74, 6) is -0.968. The molecule has 0 saturated carbocycles. The van der Waals surface area contributed by atoms with Gasteiger partial charge in [-0.15, -0.1) is 0 Å². The second-order valence-corrected chi connectivity index (χ2v) is 3.41. The van der Waals surface area contributed by atoms with Gasteiger partial charge >= 0.3 is 0 Å². The van der Waals surface area contributed by atoms with Crippen LogP contribution in [0.2, 0.25) is 0 Å². The molecule has 0 aliphatic carbocycles. The summed E-state index contributed by atoms with van der Waals surface area (Å²) in [5, 5.41) is 0. The molecule has 80 valence electrons. The van der Waals surface area contributed by atoms with Crippen LogP contribution in [0.4, 0.5) is 0 Å². The van der Waals surface area contributed by atoms with E-state index in [0.29, 0.717) is 23.1 Å². The number of amides is 2. The molecule has 0 aromatic heterocycles. The van der Waals surface area contributed by atoms with Gasteiger partial charge in [0.2, 0.25) is 11.8 Å². The summed E-state index contributed by atoms with van der Waals surface area (Å²) in [6.07, 6.45) is 0.639. The first-order valence-electron chi connectivity index (χ1n) is 4.70. The Morgan fingerprint density at radius 2 is 1.80 bits per heavy atom. The molecule has 0 atom stereocenters. The first kappa shape index (κ1) is 11.2. The van der Waals surface area contributed by atoms with Crippen LogP contribution in [0, 0.1) is 6.92 Å². The summed E-state index contributed by atoms with van der Waals surface area (Å²) < 4.78 is 0. The molecule has 0 bridgehead atoms. The molecule has 0 aliphatic rings. The zero-order valence-corrected chi connectivity index (χ0v) is 8.83. The minimum Gasteiger partial charge on any atom is -0.366 e. The number of rotatable bonds is 3. The van der Waals surface area contributed by atoms with Crippen LogP contribution >= 0.6 is 0 Å². The fourth-order valence-electron chi connectivity index (χ4n) is 1.63. The van der Waals surface area contributed by atoms with Crippen LogP contribution in [0.5, 0.6) is 0 Å². The average Bonchev–Trinajstić information content (AvgIpc) is 2.15.